The lowest BCUT2D eigenvalue weighted by Crippen LogP contribution is -2.16. The standard InChI is InChI=1S/C20H12F5N5O4S/c21-17(22)9-34-12-5-10(4-11(6-12)30(32)33)26-19(31)14-8-18-27-13(15-2-1-3-35-15)7-16(20(23,24)25)29(18)28-14/h1-8,17H,9H2,(H,26,31). The number of nitro groups is 1. The average molecular weight is 513 g/mol. The van der Waals surface area contributed by atoms with Crippen molar-refractivity contribution < 1.29 is 36.4 Å². The van der Waals surface area contributed by atoms with Gasteiger partial charge in [0, 0.05) is 18.2 Å². The molecule has 0 unspecified atom stereocenters. The number of benzene rings is 1. The summed E-state index contributed by atoms with van der Waals surface area (Å²) in [6.07, 6.45) is -7.66. The fraction of sp³-hybridized carbons (Fsp3) is 0.150. The van der Waals surface area contributed by atoms with E-state index in [1.54, 1.807) is 17.5 Å². The van der Waals surface area contributed by atoms with Crippen molar-refractivity contribution in [3.63, 3.8) is 0 Å². The molecule has 15 heteroatoms. The number of nitrogens with zero attached hydrogens (tertiary/aromatic N) is 4. The van der Waals surface area contributed by atoms with Gasteiger partial charge in [-0.05, 0) is 17.5 Å². The fourth-order valence-electron chi connectivity index (χ4n) is 3.04. The van der Waals surface area contributed by atoms with Gasteiger partial charge in [-0.25, -0.2) is 18.3 Å². The Hall–Kier alpha value is -4.14. The molecular formula is C20H12F5N5O4S. The van der Waals surface area contributed by atoms with Gasteiger partial charge in [0.15, 0.2) is 17.0 Å². The van der Waals surface area contributed by atoms with Gasteiger partial charge in [0.05, 0.1) is 27.2 Å². The van der Waals surface area contributed by atoms with Crippen molar-refractivity contribution in [2.24, 2.45) is 0 Å². The maximum atomic E-state index is 13.7. The average Bonchev–Trinajstić information content (AvgIpc) is 3.46. The van der Waals surface area contributed by atoms with Crippen molar-refractivity contribution in [3.05, 3.63) is 69.3 Å². The van der Waals surface area contributed by atoms with Crippen LogP contribution in [-0.2, 0) is 6.18 Å². The fourth-order valence-corrected chi connectivity index (χ4v) is 3.72. The highest BCUT2D eigenvalue weighted by Crippen LogP contribution is 2.33. The van der Waals surface area contributed by atoms with Crippen LogP contribution in [0.3, 0.4) is 0 Å². The molecule has 0 spiro atoms. The van der Waals surface area contributed by atoms with Crippen LogP contribution in [0.15, 0.2) is 47.8 Å². The van der Waals surface area contributed by atoms with E-state index in [1.165, 1.54) is 11.3 Å². The molecule has 3 heterocycles. The van der Waals surface area contributed by atoms with E-state index in [0.717, 1.165) is 30.3 Å². The molecule has 0 aliphatic carbocycles. The number of ether oxygens (including phenoxy) is 1. The number of alkyl halides is 5. The van der Waals surface area contributed by atoms with Crippen molar-refractivity contribution in [1.29, 1.82) is 0 Å². The number of amides is 1. The number of rotatable bonds is 7. The van der Waals surface area contributed by atoms with E-state index in [9.17, 15) is 36.9 Å². The Balaban J connectivity index is 1.69. The number of hydrogen-bond acceptors (Lipinski definition) is 7. The summed E-state index contributed by atoms with van der Waals surface area (Å²) in [4.78, 5) is 27.6. The van der Waals surface area contributed by atoms with Crippen molar-refractivity contribution in [2.75, 3.05) is 11.9 Å². The Morgan fingerprint density at radius 3 is 2.63 bits per heavy atom. The van der Waals surface area contributed by atoms with Crippen LogP contribution in [0.1, 0.15) is 16.2 Å². The van der Waals surface area contributed by atoms with Gasteiger partial charge in [0.1, 0.15) is 12.4 Å². The minimum absolute atomic E-state index is 0.0335. The first-order chi connectivity index (χ1) is 16.5. The van der Waals surface area contributed by atoms with Gasteiger partial charge in [-0.1, -0.05) is 6.07 Å². The molecule has 4 rings (SSSR count). The van der Waals surface area contributed by atoms with Gasteiger partial charge in [-0.3, -0.25) is 14.9 Å². The second kappa shape index (κ2) is 9.25. The molecule has 0 fully saturated rings. The van der Waals surface area contributed by atoms with E-state index in [-0.39, 0.29) is 22.8 Å². The molecule has 0 saturated heterocycles. The van der Waals surface area contributed by atoms with Crippen molar-refractivity contribution >= 4 is 34.3 Å². The molecule has 0 aliphatic heterocycles. The zero-order chi connectivity index (χ0) is 25.3. The lowest BCUT2D eigenvalue weighted by Gasteiger charge is -2.10. The number of carbonyl (C=O) groups excluding carboxylic acids is 1. The van der Waals surface area contributed by atoms with Gasteiger partial charge in [-0.15, -0.1) is 11.3 Å². The van der Waals surface area contributed by atoms with Gasteiger partial charge in [0.25, 0.3) is 18.0 Å². The van der Waals surface area contributed by atoms with Crippen LogP contribution in [0.5, 0.6) is 5.75 Å². The summed E-state index contributed by atoms with van der Waals surface area (Å²) >= 11 is 1.18. The molecule has 4 aromatic rings. The summed E-state index contributed by atoms with van der Waals surface area (Å²) in [5.74, 6) is -1.33. The number of aromatic nitrogens is 3. The van der Waals surface area contributed by atoms with Gasteiger partial charge in [0.2, 0.25) is 0 Å². The molecule has 0 aliphatic rings. The molecule has 0 bridgehead atoms. The van der Waals surface area contributed by atoms with Gasteiger partial charge < -0.3 is 10.1 Å². The Morgan fingerprint density at radius 2 is 2.00 bits per heavy atom. The van der Waals surface area contributed by atoms with E-state index in [1.807, 2.05) is 0 Å². The monoisotopic (exact) mass is 513 g/mol. The lowest BCUT2D eigenvalue weighted by molar-refractivity contribution is -0.384. The van der Waals surface area contributed by atoms with E-state index in [4.69, 9.17) is 4.74 Å². The predicted octanol–water partition coefficient (Wildman–Crippen LogP) is 5.28. The van der Waals surface area contributed by atoms with Crippen LogP contribution >= 0.6 is 11.3 Å². The Labute approximate surface area is 195 Å². The van der Waals surface area contributed by atoms with Crippen LogP contribution in [-0.4, -0.2) is 38.5 Å². The minimum Gasteiger partial charge on any atom is -0.487 e. The van der Waals surface area contributed by atoms with Crippen molar-refractivity contribution in [1.82, 2.24) is 14.6 Å². The quantitative estimate of drug-likeness (QED) is 0.204. The SMILES string of the molecule is O=C(Nc1cc(OCC(F)F)cc([N+](=O)[O-])c1)c1cc2nc(-c3cccs3)cc(C(F)(F)F)n2n1. The smallest absolute Gasteiger partial charge is 0.433 e. The third kappa shape index (κ3) is 5.34. The second-order valence-electron chi connectivity index (χ2n) is 6.93. The summed E-state index contributed by atoms with van der Waals surface area (Å²) in [7, 11) is 0. The third-order valence-electron chi connectivity index (χ3n) is 4.46. The van der Waals surface area contributed by atoms with Crippen LogP contribution in [0.2, 0.25) is 0 Å². The summed E-state index contributed by atoms with van der Waals surface area (Å²) in [5.41, 5.74) is -2.63. The largest absolute Gasteiger partial charge is 0.487 e. The number of carbonyl (C=O) groups is 1. The molecule has 1 amide bonds. The number of nitrogens with one attached hydrogen (secondary N) is 1. The molecule has 1 N–H and O–H groups in total. The highest BCUT2D eigenvalue weighted by atomic mass is 32.1. The van der Waals surface area contributed by atoms with E-state index >= 15 is 0 Å². The lowest BCUT2D eigenvalue weighted by atomic mass is 10.2. The first-order valence-electron chi connectivity index (χ1n) is 9.55. The third-order valence-corrected chi connectivity index (χ3v) is 5.35. The molecule has 0 radical (unpaired) electrons. The predicted molar refractivity (Wildman–Crippen MR) is 114 cm³/mol. The Kier molecular flexibility index (Phi) is 6.34. The Bertz CT molecular complexity index is 1410. The van der Waals surface area contributed by atoms with E-state index in [0.29, 0.717) is 9.39 Å². The first kappa shape index (κ1) is 24.0. The first-order valence-corrected chi connectivity index (χ1v) is 10.4. The zero-order valence-electron chi connectivity index (χ0n) is 17.1. The number of thiophene rings is 1. The Morgan fingerprint density at radius 1 is 1.23 bits per heavy atom. The van der Waals surface area contributed by atoms with Crippen LogP contribution < -0.4 is 10.1 Å². The topological polar surface area (TPSA) is 112 Å². The summed E-state index contributed by atoms with van der Waals surface area (Å²) in [6, 6.07) is 7.92. The molecule has 182 valence electrons. The van der Waals surface area contributed by atoms with Gasteiger partial charge in [-0.2, -0.15) is 18.3 Å². The van der Waals surface area contributed by atoms with Crippen molar-refractivity contribution in [3.8, 4) is 16.3 Å². The summed E-state index contributed by atoms with van der Waals surface area (Å²) in [6.45, 7) is -1.04. The highest BCUT2D eigenvalue weighted by molar-refractivity contribution is 7.13. The molecule has 1 aromatic carbocycles. The minimum atomic E-state index is -4.82. The molecule has 0 atom stereocenters. The number of anilines is 1. The maximum absolute atomic E-state index is 13.7. The maximum Gasteiger partial charge on any atom is 0.433 e. The molecule has 35 heavy (non-hydrogen) atoms. The normalized spacial score (nSPS) is 11.7. The van der Waals surface area contributed by atoms with Crippen LogP contribution in [0, 0.1) is 10.1 Å². The molecular weight excluding hydrogens is 501 g/mol. The highest BCUT2D eigenvalue weighted by Gasteiger charge is 2.35. The van der Waals surface area contributed by atoms with Gasteiger partial charge >= 0.3 is 6.18 Å². The number of nitro benzene ring substituents is 1. The molecule has 9 nitrogen and oxygen atoms in total. The second-order valence-corrected chi connectivity index (χ2v) is 7.88. The van der Waals surface area contributed by atoms with E-state index in [2.05, 4.69) is 15.4 Å². The molecule has 0 saturated carbocycles. The van der Waals surface area contributed by atoms with E-state index < -0.39 is 47.1 Å². The molecule has 3 aromatic heterocycles. The van der Waals surface area contributed by atoms with Crippen LogP contribution in [0.4, 0.5) is 33.3 Å². The van der Waals surface area contributed by atoms with Crippen LogP contribution in [0.25, 0.3) is 16.2 Å². The van der Waals surface area contributed by atoms with Crippen molar-refractivity contribution in [2.45, 2.75) is 12.6 Å². The number of hydrogen-bond donors (Lipinski definition) is 1. The summed E-state index contributed by atoms with van der Waals surface area (Å²) in [5, 5.41) is 18.8. The zero-order valence-corrected chi connectivity index (χ0v) is 17.9. The number of fused-ring (bicyclic) bond motifs is 1. The summed E-state index contributed by atoms with van der Waals surface area (Å²) < 4.78 is 71.1. The number of non-ortho nitro benzene ring substituents is 1. The number of halogens is 5.